The molecule has 4 nitrogen and oxygen atoms in total. The molecule has 0 radical (unpaired) electrons. The van der Waals surface area contributed by atoms with E-state index >= 15 is 0 Å². The van der Waals surface area contributed by atoms with Gasteiger partial charge in [-0.15, -0.1) is 0 Å². The Morgan fingerprint density at radius 2 is 1.77 bits per heavy atom. The van der Waals surface area contributed by atoms with Crippen molar-refractivity contribution in [2.75, 3.05) is 6.54 Å². The van der Waals surface area contributed by atoms with Gasteiger partial charge in [0, 0.05) is 12.5 Å². The van der Waals surface area contributed by atoms with Crippen molar-refractivity contribution in [3.63, 3.8) is 0 Å². The van der Waals surface area contributed by atoms with Crippen LogP contribution in [0.2, 0.25) is 0 Å². The second-order valence-electron chi connectivity index (χ2n) is 7.11. The lowest BCUT2D eigenvalue weighted by Gasteiger charge is -2.34. The summed E-state index contributed by atoms with van der Waals surface area (Å²) in [5, 5.41) is 12.5. The number of hydrogen-bond donors (Lipinski definition) is 2. The lowest BCUT2D eigenvalue weighted by atomic mass is 9.70. The molecular weight excluding hydrogens is 278 g/mol. The van der Waals surface area contributed by atoms with Crippen LogP contribution in [0.1, 0.15) is 73.6 Å². The molecule has 0 fully saturated rings. The number of carboxylic acids is 1. The van der Waals surface area contributed by atoms with Crippen LogP contribution in [0, 0.1) is 23.2 Å². The molecule has 0 saturated carbocycles. The Kier molecular flexibility index (Phi) is 9.38. The second-order valence-corrected chi connectivity index (χ2v) is 7.11. The van der Waals surface area contributed by atoms with Crippen LogP contribution in [0.4, 0.5) is 0 Å². The molecule has 0 spiro atoms. The molecule has 4 heteroatoms. The van der Waals surface area contributed by atoms with Crippen molar-refractivity contribution in [2.24, 2.45) is 23.2 Å². The number of unbranched alkanes of at least 4 members (excludes halogenated alkanes) is 1. The molecule has 3 unspecified atom stereocenters. The molecule has 0 aromatic rings. The van der Waals surface area contributed by atoms with Crippen LogP contribution >= 0.6 is 0 Å². The molecule has 3 atom stereocenters. The van der Waals surface area contributed by atoms with Crippen LogP contribution < -0.4 is 5.32 Å². The van der Waals surface area contributed by atoms with Crippen LogP contribution in [-0.4, -0.2) is 23.5 Å². The number of amides is 1. The fourth-order valence-electron chi connectivity index (χ4n) is 2.95. The summed E-state index contributed by atoms with van der Waals surface area (Å²) in [6, 6.07) is 0. The van der Waals surface area contributed by atoms with Gasteiger partial charge in [0.15, 0.2) is 0 Å². The highest BCUT2D eigenvalue weighted by Crippen LogP contribution is 2.36. The van der Waals surface area contributed by atoms with Gasteiger partial charge in [0.2, 0.25) is 5.91 Å². The topological polar surface area (TPSA) is 66.4 Å². The normalized spacial score (nSPS) is 15.9. The van der Waals surface area contributed by atoms with Crippen molar-refractivity contribution in [1.29, 1.82) is 0 Å². The third-order valence-corrected chi connectivity index (χ3v) is 5.04. The van der Waals surface area contributed by atoms with Crippen LogP contribution in [0.5, 0.6) is 0 Å². The summed E-state index contributed by atoms with van der Waals surface area (Å²) in [6.45, 7) is 12.5. The Balaban J connectivity index is 4.71. The van der Waals surface area contributed by atoms with E-state index in [1.54, 1.807) is 6.92 Å². The third-order valence-electron chi connectivity index (χ3n) is 5.04. The standard InChI is InChI=1S/C18H35NO3/c1-7-10-11-14(8-2)12-19-16(20)13(4)15(17(21)22)18(5,6)9-3/h13-15H,7-12H2,1-6H3,(H,19,20)(H,21,22). The van der Waals surface area contributed by atoms with Gasteiger partial charge in [-0.05, 0) is 17.8 Å². The van der Waals surface area contributed by atoms with Crippen molar-refractivity contribution in [3.8, 4) is 0 Å². The number of carbonyl (C=O) groups is 2. The molecule has 22 heavy (non-hydrogen) atoms. The summed E-state index contributed by atoms with van der Waals surface area (Å²) in [4.78, 5) is 24.0. The first-order valence-electron chi connectivity index (χ1n) is 8.71. The zero-order valence-electron chi connectivity index (χ0n) is 15.2. The quantitative estimate of drug-likeness (QED) is 0.603. The summed E-state index contributed by atoms with van der Waals surface area (Å²) in [5.41, 5.74) is -0.394. The van der Waals surface area contributed by atoms with Crippen molar-refractivity contribution in [1.82, 2.24) is 5.32 Å². The Bertz CT molecular complexity index is 352. The fourth-order valence-corrected chi connectivity index (χ4v) is 2.95. The van der Waals surface area contributed by atoms with Crippen molar-refractivity contribution in [2.45, 2.75) is 73.6 Å². The Labute approximate surface area is 136 Å². The molecule has 0 rings (SSSR count). The first-order valence-corrected chi connectivity index (χ1v) is 8.71. The highest BCUT2D eigenvalue weighted by molar-refractivity contribution is 5.84. The van der Waals surface area contributed by atoms with Crippen molar-refractivity contribution >= 4 is 11.9 Å². The molecule has 0 aromatic heterocycles. The maximum absolute atomic E-state index is 12.4. The Morgan fingerprint density at radius 1 is 1.18 bits per heavy atom. The minimum Gasteiger partial charge on any atom is -0.481 e. The van der Waals surface area contributed by atoms with Crippen LogP contribution in [0.15, 0.2) is 0 Å². The first kappa shape index (κ1) is 20.9. The largest absolute Gasteiger partial charge is 0.481 e. The lowest BCUT2D eigenvalue weighted by Crippen LogP contribution is -2.44. The highest BCUT2D eigenvalue weighted by Gasteiger charge is 2.40. The highest BCUT2D eigenvalue weighted by atomic mass is 16.4. The van der Waals surface area contributed by atoms with Gasteiger partial charge < -0.3 is 10.4 Å². The van der Waals surface area contributed by atoms with E-state index in [9.17, 15) is 14.7 Å². The minimum atomic E-state index is -0.882. The summed E-state index contributed by atoms with van der Waals surface area (Å²) in [7, 11) is 0. The van der Waals surface area contributed by atoms with E-state index in [-0.39, 0.29) is 5.91 Å². The van der Waals surface area contributed by atoms with Gasteiger partial charge in [-0.2, -0.15) is 0 Å². The van der Waals surface area contributed by atoms with E-state index in [0.29, 0.717) is 12.5 Å². The van der Waals surface area contributed by atoms with Gasteiger partial charge in [0.1, 0.15) is 0 Å². The average Bonchev–Trinajstić information content (AvgIpc) is 2.46. The number of aliphatic carboxylic acids is 1. The summed E-state index contributed by atoms with van der Waals surface area (Å²) in [5.74, 6) is -1.71. The van der Waals surface area contributed by atoms with E-state index in [4.69, 9.17) is 0 Å². The van der Waals surface area contributed by atoms with Crippen LogP contribution in [0.3, 0.4) is 0 Å². The number of carbonyl (C=O) groups excluding carboxylic acids is 1. The molecule has 0 aliphatic carbocycles. The van der Waals surface area contributed by atoms with E-state index in [1.807, 2.05) is 20.8 Å². The molecule has 1 amide bonds. The zero-order valence-corrected chi connectivity index (χ0v) is 15.2. The van der Waals surface area contributed by atoms with Crippen molar-refractivity contribution in [3.05, 3.63) is 0 Å². The van der Waals surface area contributed by atoms with Gasteiger partial charge in [0.05, 0.1) is 5.92 Å². The Morgan fingerprint density at radius 3 is 2.18 bits per heavy atom. The molecule has 130 valence electrons. The van der Waals surface area contributed by atoms with Gasteiger partial charge in [-0.3, -0.25) is 9.59 Å². The molecule has 0 aromatic carbocycles. The van der Waals surface area contributed by atoms with Gasteiger partial charge in [-0.25, -0.2) is 0 Å². The van der Waals surface area contributed by atoms with Crippen LogP contribution in [-0.2, 0) is 9.59 Å². The molecule has 0 bridgehead atoms. The molecule has 2 N–H and O–H groups in total. The number of hydrogen-bond acceptors (Lipinski definition) is 2. The van der Waals surface area contributed by atoms with Crippen molar-refractivity contribution < 1.29 is 14.7 Å². The first-order chi connectivity index (χ1) is 10.2. The van der Waals surface area contributed by atoms with Gasteiger partial charge in [0.25, 0.3) is 0 Å². The van der Waals surface area contributed by atoms with E-state index in [2.05, 4.69) is 19.2 Å². The zero-order chi connectivity index (χ0) is 17.3. The molecular formula is C18H35NO3. The molecule has 0 heterocycles. The lowest BCUT2D eigenvalue weighted by molar-refractivity contribution is -0.152. The third kappa shape index (κ3) is 6.37. The number of nitrogens with one attached hydrogen (secondary N) is 1. The maximum Gasteiger partial charge on any atom is 0.307 e. The summed E-state index contributed by atoms with van der Waals surface area (Å²) < 4.78 is 0. The summed E-state index contributed by atoms with van der Waals surface area (Å²) >= 11 is 0. The molecule has 0 aliphatic rings. The number of rotatable bonds is 11. The van der Waals surface area contributed by atoms with E-state index in [1.165, 1.54) is 6.42 Å². The SMILES string of the molecule is CCCCC(CC)CNC(=O)C(C)C(C(=O)O)C(C)(C)CC. The Hall–Kier alpha value is -1.06. The van der Waals surface area contributed by atoms with Gasteiger partial charge in [-0.1, -0.05) is 67.2 Å². The second kappa shape index (κ2) is 9.86. The predicted molar refractivity (Wildman–Crippen MR) is 90.7 cm³/mol. The fraction of sp³-hybridized carbons (Fsp3) is 0.889. The van der Waals surface area contributed by atoms with E-state index < -0.39 is 23.2 Å². The van der Waals surface area contributed by atoms with Crippen LogP contribution in [0.25, 0.3) is 0 Å². The maximum atomic E-state index is 12.4. The number of carboxylic acid groups (broad SMARTS) is 1. The predicted octanol–water partition coefficient (Wildman–Crippen LogP) is 4.09. The molecule has 0 aliphatic heterocycles. The smallest absolute Gasteiger partial charge is 0.307 e. The average molecular weight is 313 g/mol. The monoisotopic (exact) mass is 313 g/mol. The van der Waals surface area contributed by atoms with E-state index in [0.717, 1.165) is 25.7 Å². The minimum absolute atomic E-state index is 0.135. The molecule has 0 saturated heterocycles. The van der Waals surface area contributed by atoms with Gasteiger partial charge >= 0.3 is 5.97 Å². The summed E-state index contributed by atoms with van der Waals surface area (Å²) in [6.07, 6.45) is 5.22.